The monoisotopic (exact) mass is 283 g/mol. The van der Waals surface area contributed by atoms with Crippen molar-refractivity contribution in [3.63, 3.8) is 0 Å². The first-order chi connectivity index (χ1) is 9.68. The van der Waals surface area contributed by atoms with E-state index < -0.39 is 0 Å². The molecule has 0 aromatic heterocycles. The molecule has 0 bridgehead atoms. The zero-order valence-corrected chi connectivity index (χ0v) is 14.3. The van der Waals surface area contributed by atoms with Gasteiger partial charge < -0.3 is 0 Å². The maximum Gasteiger partial charge on any atom is 0.0397 e. The molecular weight excluding hydrogens is 246 g/mol. The van der Waals surface area contributed by atoms with Crippen LogP contribution in [0.2, 0.25) is 0 Å². The van der Waals surface area contributed by atoms with E-state index in [1.807, 2.05) is 0 Å². The Morgan fingerprint density at radius 3 is 2.00 bits per heavy atom. The fraction of sp³-hybridized carbons (Fsp3) is 1.00. The van der Waals surface area contributed by atoms with Crippen LogP contribution in [0.15, 0.2) is 0 Å². The Labute approximate surface area is 126 Å². The normalized spacial score (nSPS) is 19.5. The van der Waals surface area contributed by atoms with Gasteiger partial charge in [0.15, 0.2) is 0 Å². The van der Waals surface area contributed by atoms with Crippen LogP contribution >= 0.6 is 0 Å². The number of hydrogen-bond acceptors (Lipinski definition) is 3. The Balaban J connectivity index is 2.83. The maximum atomic E-state index is 6.00. The Morgan fingerprint density at radius 2 is 1.60 bits per heavy atom. The quantitative estimate of drug-likeness (QED) is 0.501. The lowest BCUT2D eigenvalue weighted by atomic mass is 9.75. The van der Waals surface area contributed by atoms with Crippen LogP contribution in [0, 0.1) is 5.92 Å². The van der Waals surface area contributed by atoms with Crippen LogP contribution in [0.25, 0.3) is 0 Å². The van der Waals surface area contributed by atoms with Gasteiger partial charge in [-0.2, -0.15) is 0 Å². The van der Waals surface area contributed by atoms with Crippen LogP contribution in [0.3, 0.4) is 0 Å². The van der Waals surface area contributed by atoms with Gasteiger partial charge >= 0.3 is 0 Å². The maximum absolute atomic E-state index is 6.00. The largest absolute Gasteiger partial charge is 0.297 e. The van der Waals surface area contributed by atoms with E-state index in [0.29, 0.717) is 6.04 Å². The molecule has 1 fully saturated rings. The Bertz CT molecular complexity index is 241. The van der Waals surface area contributed by atoms with Gasteiger partial charge in [0.2, 0.25) is 0 Å². The van der Waals surface area contributed by atoms with Crippen molar-refractivity contribution in [2.45, 2.75) is 90.6 Å². The van der Waals surface area contributed by atoms with Gasteiger partial charge in [0.1, 0.15) is 0 Å². The lowest BCUT2D eigenvalue weighted by Gasteiger charge is -2.48. The zero-order valence-electron chi connectivity index (χ0n) is 14.3. The van der Waals surface area contributed by atoms with E-state index in [1.54, 1.807) is 0 Å². The third-order valence-corrected chi connectivity index (χ3v) is 5.76. The van der Waals surface area contributed by atoms with Gasteiger partial charge in [0.25, 0.3) is 0 Å². The number of nitrogens with zero attached hydrogens (tertiary/aromatic N) is 1. The lowest BCUT2D eigenvalue weighted by molar-refractivity contribution is 0.0374. The molecule has 0 radical (unpaired) electrons. The summed E-state index contributed by atoms with van der Waals surface area (Å²) in [4.78, 5) is 2.63. The van der Waals surface area contributed by atoms with Gasteiger partial charge in [0.05, 0.1) is 0 Å². The van der Waals surface area contributed by atoms with E-state index in [2.05, 4.69) is 38.0 Å². The summed E-state index contributed by atoms with van der Waals surface area (Å²) in [5.74, 6) is 6.87. The molecule has 0 saturated heterocycles. The summed E-state index contributed by atoms with van der Waals surface area (Å²) in [7, 11) is 0. The first-order valence-corrected chi connectivity index (χ1v) is 8.89. The molecule has 0 spiro atoms. The SMILES string of the molecule is CCN(CC)C(CC)(CC)C(CC1CCCCC1)NN. The summed E-state index contributed by atoms with van der Waals surface area (Å²) in [5.41, 5.74) is 3.42. The van der Waals surface area contributed by atoms with Crippen molar-refractivity contribution in [1.29, 1.82) is 0 Å². The molecule has 0 aromatic carbocycles. The highest BCUT2D eigenvalue weighted by Gasteiger charge is 2.40. The van der Waals surface area contributed by atoms with E-state index in [1.165, 1.54) is 51.4 Å². The lowest BCUT2D eigenvalue weighted by Crippen LogP contribution is -2.62. The van der Waals surface area contributed by atoms with E-state index >= 15 is 0 Å². The number of likely N-dealkylation sites (N-methyl/N-ethyl adjacent to an activating group) is 1. The fourth-order valence-electron chi connectivity index (χ4n) is 4.46. The molecule has 0 aliphatic heterocycles. The highest BCUT2D eigenvalue weighted by atomic mass is 15.3. The number of nitrogens with two attached hydrogens (primary N) is 1. The molecule has 1 saturated carbocycles. The second-order valence-electron chi connectivity index (χ2n) is 6.44. The van der Waals surface area contributed by atoms with Crippen LogP contribution in [0.1, 0.15) is 79.1 Å². The van der Waals surface area contributed by atoms with E-state index in [0.717, 1.165) is 19.0 Å². The summed E-state index contributed by atoms with van der Waals surface area (Å²) in [6.07, 6.45) is 10.7. The minimum absolute atomic E-state index is 0.218. The molecule has 20 heavy (non-hydrogen) atoms. The highest BCUT2D eigenvalue weighted by Crippen LogP contribution is 2.35. The van der Waals surface area contributed by atoms with Gasteiger partial charge in [-0.1, -0.05) is 59.8 Å². The molecule has 1 rings (SSSR count). The predicted octanol–water partition coefficient (Wildman–Crippen LogP) is 3.69. The van der Waals surface area contributed by atoms with Crippen LogP contribution in [0.4, 0.5) is 0 Å². The highest BCUT2D eigenvalue weighted by molar-refractivity contribution is 4.98. The Hall–Kier alpha value is -0.120. The summed E-state index contributed by atoms with van der Waals surface area (Å²) in [5, 5.41) is 0. The second kappa shape index (κ2) is 9.01. The van der Waals surface area contributed by atoms with Crippen LogP contribution < -0.4 is 11.3 Å². The van der Waals surface area contributed by atoms with Gasteiger partial charge in [-0.05, 0) is 38.3 Å². The molecule has 1 aliphatic carbocycles. The summed E-state index contributed by atoms with van der Waals surface area (Å²) >= 11 is 0. The van der Waals surface area contributed by atoms with E-state index in [9.17, 15) is 0 Å². The standard InChI is InChI=1S/C17H37N3/c1-5-17(6-2,20(7-3)8-4)16(19-18)14-15-12-10-9-11-13-15/h15-16,19H,5-14,18H2,1-4H3. The van der Waals surface area contributed by atoms with E-state index in [-0.39, 0.29) is 5.54 Å². The number of hydrazine groups is 1. The molecule has 1 unspecified atom stereocenters. The van der Waals surface area contributed by atoms with Crippen molar-refractivity contribution in [3.8, 4) is 0 Å². The molecular formula is C17H37N3. The molecule has 0 aromatic rings. The van der Waals surface area contributed by atoms with Gasteiger partial charge in [0, 0.05) is 11.6 Å². The second-order valence-corrected chi connectivity index (χ2v) is 6.44. The van der Waals surface area contributed by atoms with Gasteiger partial charge in [-0.3, -0.25) is 16.2 Å². The van der Waals surface area contributed by atoms with Crippen LogP contribution in [-0.2, 0) is 0 Å². The fourth-order valence-corrected chi connectivity index (χ4v) is 4.46. The average molecular weight is 284 g/mol. The molecule has 0 heterocycles. The topological polar surface area (TPSA) is 41.3 Å². The van der Waals surface area contributed by atoms with Crippen LogP contribution in [-0.4, -0.2) is 29.6 Å². The third-order valence-electron chi connectivity index (χ3n) is 5.76. The van der Waals surface area contributed by atoms with Crippen molar-refractivity contribution in [2.24, 2.45) is 11.8 Å². The first-order valence-electron chi connectivity index (χ1n) is 8.89. The molecule has 1 atom stereocenters. The zero-order chi connectivity index (χ0) is 15.0. The Morgan fingerprint density at radius 1 is 1.05 bits per heavy atom. The summed E-state index contributed by atoms with van der Waals surface area (Å²) in [6.45, 7) is 11.4. The van der Waals surface area contributed by atoms with Gasteiger partial charge in [-0.25, -0.2) is 0 Å². The molecule has 3 heteroatoms. The molecule has 120 valence electrons. The number of rotatable bonds is 9. The Kier molecular flexibility index (Phi) is 8.08. The van der Waals surface area contributed by atoms with Crippen molar-refractivity contribution in [3.05, 3.63) is 0 Å². The predicted molar refractivity (Wildman–Crippen MR) is 88.5 cm³/mol. The molecule has 3 N–H and O–H groups in total. The van der Waals surface area contributed by atoms with Crippen molar-refractivity contribution >= 4 is 0 Å². The minimum atomic E-state index is 0.218. The van der Waals surface area contributed by atoms with Crippen LogP contribution in [0.5, 0.6) is 0 Å². The molecule has 0 amide bonds. The summed E-state index contributed by atoms with van der Waals surface area (Å²) < 4.78 is 0. The number of nitrogens with one attached hydrogen (secondary N) is 1. The first kappa shape index (κ1) is 17.9. The minimum Gasteiger partial charge on any atom is -0.297 e. The molecule has 3 nitrogen and oxygen atoms in total. The average Bonchev–Trinajstić information content (AvgIpc) is 2.51. The van der Waals surface area contributed by atoms with Crippen molar-refractivity contribution < 1.29 is 0 Å². The van der Waals surface area contributed by atoms with E-state index in [4.69, 9.17) is 5.84 Å². The smallest absolute Gasteiger partial charge is 0.0397 e. The summed E-state index contributed by atoms with van der Waals surface area (Å²) in [6, 6.07) is 0.417. The third kappa shape index (κ3) is 3.96. The van der Waals surface area contributed by atoms with Crippen molar-refractivity contribution in [1.82, 2.24) is 10.3 Å². The number of hydrogen-bond donors (Lipinski definition) is 2. The molecule has 1 aliphatic rings. The van der Waals surface area contributed by atoms with Gasteiger partial charge in [-0.15, -0.1) is 0 Å². The van der Waals surface area contributed by atoms with Crippen molar-refractivity contribution in [2.75, 3.05) is 13.1 Å².